The van der Waals surface area contributed by atoms with Crippen LogP contribution in [0.4, 0.5) is 0 Å². The van der Waals surface area contributed by atoms with Crippen LogP contribution in [0.15, 0.2) is 39.5 Å². The van der Waals surface area contributed by atoms with Crippen LogP contribution in [-0.2, 0) is 143 Å². The van der Waals surface area contributed by atoms with Crippen molar-refractivity contribution in [1.82, 2.24) is 0 Å². The van der Waals surface area contributed by atoms with Gasteiger partial charge in [-0.15, -0.1) is 0 Å². The van der Waals surface area contributed by atoms with Gasteiger partial charge in [0.2, 0.25) is 79.9 Å². The molecule has 1 aromatic heterocycles. The summed E-state index contributed by atoms with van der Waals surface area (Å²) >= 11 is 0. The van der Waals surface area contributed by atoms with Crippen LogP contribution in [0.25, 0.3) is 22.3 Å². The van der Waals surface area contributed by atoms with Crippen molar-refractivity contribution in [2.75, 3.05) is 6.61 Å². The Labute approximate surface area is 747 Å². The molecule has 0 N–H and O–H groups in total. The Balaban J connectivity index is -0.00000189. The number of hydrogen-bond donors (Lipinski definition) is 0. The second kappa shape index (κ2) is 42.2. The van der Waals surface area contributed by atoms with Gasteiger partial charge in [0.15, 0.2) is 41.5 Å². The Morgan fingerprint density at radius 1 is 0.398 bits per heavy atom. The van der Waals surface area contributed by atoms with Crippen LogP contribution in [-0.4, -0.2) is 198 Å². The van der Waals surface area contributed by atoms with Gasteiger partial charge in [-0.1, -0.05) is 0 Å². The van der Waals surface area contributed by atoms with Crippen LogP contribution in [0.5, 0.6) is 28.7 Å². The third-order valence-electron chi connectivity index (χ3n) is 9.22. The van der Waals surface area contributed by atoms with Crippen LogP contribution in [0.3, 0.4) is 0 Å². The van der Waals surface area contributed by atoms with Crippen molar-refractivity contribution in [3.63, 3.8) is 0 Å². The van der Waals surface area contributed by atoms with E-state index >= 15 is 0 Å². The first kappa shape index (κ1) is 109. The van der Waals surface area contributed by atoms with Gasteiger partial charge in [0.25, 0.3) is 41.6 Å². The third-order valence-corrected chi connectivity index (χ3v) is 13.5. The summed E-state index contributed by atoms with van der Waals surface area (Å²) in [6, 6.07) is 0.376. The molecule has 93 heavy (non-hydrogen) atoms. The molecule has 0 spiro atoms. The standard InChI is InChI=1S/C27H30O46S10.10Na/c1-8-18(68-78(41,42)43)22(70-80(47,48)49)24(72-82(53,54)55)26(60-8)59-7-15-20(69-79(44,45)46)23(71-81(50,51)52)25(73-83(56,57)58)27(62-15)63-21-17(28)16-13(5-10(64-74(29,30)31)6-14(16)67-77(38,39)40)61-19(21)9-2-3-11(65-75(32,33)34)12(4-9)66-76(35,36)37;;;;;;;;;;/h2-6,8,15,18,20,22-27H,7H2,1H3,(H,29,30,31)(H,32,33,34)(H,35,36,37)(H,38,39,40)(H,41,42,43)(H,44,45,46)(H,47,48,49)(H,50,51,52)(H,53,54,55)(H,56,57,58);;;;;;;;;;/q;10*+1/p-10/t8-,15-,18-,20?,22-,23+,24-,25+,26+,27-;;;;;;;;;;/m1........../s1. The van der Waals surface area contributed by atoms with Crippen molar-refractivity contribution in [2.45, 2.75) is 68.3 Å². The SMILES string of the molecule is C[C@H]1O[C@H](OC[C@H]2O[C@H](Oc3c(-c4ccc(OS(=O)(=O)[O-])c(OS(=O)(=O)[O-])c4)oc4cc(OS(=O)(=O)[O-])cc(OS(=O)(=O)[O-])c4c3=O)[C@@H](OS(=O)(=O)[O-])[C@@H](OS(=O)(=O)[O-])C2OS(=O)(=O)[O-])[C@H](OS(=O)(=O)[O-])[C@H](OS(=O)(=O)[O-])[C@@H]1OS(=O)(=O)[O-].[Na+].[Na+].[Na+].[Na+].[Na+].[Na+].[Na+].[Na+].[Na+].[Na+]. The van der Waals surface area contributed by atoms with Gasteiger partial charge in [-0.2, -0.15) is 0 Å². The summed E-state index contributed by atoms with van der Waals surface area (Å²) in [5.74, 6) is -10.4. The summed E-state index contributed by atoms with van der Waals surface area (Å²) in [6.45, 7) is -1.56. The summed E-state index contributed by atoms with van der Waals surface area (Å²) < 4.78 is 422. The molecular formula is C27H20Na10O46S10. The fourth-order valence-corrected chi connectivity index (χ4v) is 11.3. The second-order valence-electron chi connectivity index (χ2n) is 15.0. The molecule has 66 heteroatoms. The Hall–Kier alpha value is 5.39. The minimum absolute atomic E-state index is 0. The average molecular weight is 1630 g/mol. The van der Waals surface area contributed by atoms with E-state index in [2.05, 4.69) is 41.8 Å². The van der Waals surface area contributed by atoms with Crippen LogP contribution in [0.1, 0.15) is 6.92 Å². The first-order valence-electron chi connectivity index (χ1n) is 19.5. The van der Waals surface area contributed by atoms with E-state index < -0.39 is 228 Å². The van der Waals surface area contributed by atoms with Crippen molar-refractivity contribution >= 4 is 115 Å². The summed E-state index contributed by atoms with van der Waals surface area (Å²) in [5, 5.41) is -1.67. The molecule has 3 aromatic rings. The molecule has 2 aliphatic heterocycles. The van der Waals surface area contributed by atoms with Gasteiger partial charge in [0.05, 0.1) is 12.7 Å². The molecule has 0 aliphatic carbocycles. The fourth-order valence-electron chi connectivity index (χ4n) is 6.90. The molecule has 2 aliphatic rings. The van der Waals surface area contributed by atoms with Crippen LogP contribution in [0, 0.1) is 0 Å². The molecule has 46 nitrogen and oxygen atoms in total. The minimum atomic E-state index is -6.72. The molecule has 2 aromatic carbocycles. The molecule has 5 rings (SSSR count). The number of ether oxygens (including phenoxy) is 4. The minimum Gasteiger partial charge on any atom is -0.726 e. The maximum absolute atomic E-state index is 14.7. The molecule has 0 bridgehead atoms. The Morgan fingerprint density at radius 2 is 0.763 bits per heavy atom. The predicted octanol–water partition coefficient (Wildman–Crippen LogP) is -38.2. The monoisotopic (exact) mass is 1630 g/mol. The molecule has 1 unspecified atom stereocenters. The van der Waals surface area contributed by atoms with E-state index in [0.29, 0.717) is 6.92 Å². The zero-order chi connectivity index (χ0) is 63.4. The predicted molar refractivity (Wildman–Crippen MR) is 226 cm³/mol. The summed E-state index contributed by atoms with van der Waals surface area (Å²) in [5.41, 5.74) is -5.03. The Bertz CT molecular complexity index is 4280. The van der Waals surface area contributed by atoms with Crippen molar-refractivity contribution in [1.29, 1.82) is 0 Å². The normalized spacial score (nSPS) is 22.0. The van der Waals surface area contributed by atoms with E-state index in [9.17, 15) is 135 Å². The first-order valence-corrected chi connectivity index (χ1v) is 32.8. The smallest absolute Gasteiger partial charge is 0.726 e. The van der Waals surface area contributed by atoms with E-state index in [4.69, 9.17) is 23.4 Å². The van der Waals surface area contributed by atoms with Crippen LogP contribution < -0.4 is 322 Å². The molecule has 0 radical (unpaired) electrons. The molecule has 0 saturated carbocycles. The van der Waals surface area contributed by atoms with Gasteiger partial charge in [0, 0.05) is 17.7 Å². The number of fused-ring (bicyclic) bond motifs is 1. The molecule has 10 atom stereocenters. The second-order valence-corrected chi connectivity index (χ2v) is 25.0. The number of rotatable bonds is 26. The molecule has 2 fully saturated rings. The van der Waals surface area contributed by atoms with Crippen molar-refractivity contribution in [2.24, 2.45) is 0 Å². The Morgan fingerprint density at radius 3 is 1.18 bits per heavy atom. The molecule has 3 heterocycles. The van der Waals surface area contributed by atoms with E-state index in [1.165, 1.54) is 0 Å². The zero-order valence-electron chi connectivity index (χ0n) is 48.2. The molecule has 2 saturated heterocycles. The number of hydrogen-bond acceptors (Lipinski definition) is 46. The van der Waals surface area contributed by atoms with Crippen LogP contribution >= 0.6 is 0 Å². The largest absolute Gasteiger partial charge is 1.00 e. The zero-order valence-corrected chi connectivity index (χ0v) is 76.4. The van der Waals surface area contributed by atoms with E-state index in [0.717, 1.165) is 0 Å². The summed E-state index contributed by atoms with van der Waals surface area (Å²) in [6.07, 6.45) is -32.7. The molecule has 474 valence electrons. The molecule has 0 amide bonds. The third kappa shape index (κ3) is 37.7. The van der Waals surface area contributed by atoms with E-state index in [1.807, 2.05) is 0 Å². The average Bonchev–Trinajstić information content (AvgIpc) is 0.777. The topological polar surface area (TPSA) is 731 Å². The van der Waals surface area contributed by atoms with Gasteiger partial charge >= 0.3 is 296 Å². The van der Waals surface area contributed by atoms with Crippen molar-refractivity contribution in [3.8, 4) is 40.1 Å². The molecular weight excluding hydrogens is 1610 g/mol. The quantitative estimate of drug-likeness (QED) is 0.0409. The van der Waals surface area contributed by atoms with Gasteiger partial charge < -0.3 is 85.6 Å². The van der Waals surface area contributed by atoms with E-state index in [1.54, 1.807) is 0 Å². The maximum Gasteiger partial charge on any atom is 1.00 e. The maximum atomic E-state index is 14.7. The number of benzene rings is 2. The van der Waals surface area contributed by atoms with Gasteiger partial charge in [-0.25, -0.2) is 84.2 Å². The summed E-state index contributed by atoms with van der Waals surface area (Å²) in [4.78, 5) is 14.7. The van der Waals surface area contributed by atoms with E-state index in [-0.39, 0.29) is 326 Å². The van der Waals surface area contributed by atoms with Crippen molar-refractivity contribution < 1.29 is 490 Å². The fraction of sp³-hybridized carbons (Fsp3) is 0.444. The van der Waals surface area contributed by atoms with Gasteiger partial charge in [-0.3, -0.25) is 29.9 Å². The van der Waals surface area contributed by atoms with Gasteiger partial charge in [0.1, 0.15) is 47.2 Å². The van der Waals surface area contributed by atoms with Crippen molar-refractivity contribution in [3.05, 3.63) is 40.6 Å². The van der Waals surface area contributed by atoms with Gasteiger partial charge in [-0.05, 0) is 25.1 Å². The summed E-state index contributed by atoms with van der Waals surface area (Å²) in [7, 11) is -63.6. The Kier molecular flexibility index (Phi) is 49.6. The first-order chi connectivity index (χ1) is 37.1. The van der Waals surface area contributed by atoms with Crippen LogP contribution in [0.2, 0.25) is 0 Å².